The fraction of sp³-hybridized carbons (Fsp3) is 0.818. The lowest BCUT2D eigenvalue weighted by Gasteiger charge is -2.17. The van der Waals surface area contributed by atoms with E-state index in [1.165, 1.54) is 6.26 Å². The zero-order valence-electron chi connectivity index (χ0n) is 10.0. The Morgan fingerprint density at radius 3 is 2.47 bits per heavy atom. The third-order valence-corrected chi connectivity index (χ3v) is 3.11. The van der Waals surface area contributed by atoms with Crippen LogP contribution in [0.4, 0.5) is 0 Å². The molecule has 0 saturated heterocycles. The fourth-order valence-corrected chi connectivity index (χ4v) is 2.39. The molecule has 3 nitrogen and oxygen atoms in total. The van der Waals surface area contributed by atoms with Gasteiger partial charge < -0.3 is 5.32 Å². The number of hydrogen-bond donors (Lipinski definition) is 1. The van der Waals surface area contributed by atoms with E-state index in [0.717, 1.165) is 31.4 Å². The van der Waals surface area contributed by atoms with Crippen LogP contribution in [0.25, 0.3) is 0 Å². The summed E-state index contributed by atoms with van der Waals surface area (Å²) in [5, 5.41) is 3.26. The maximum absolute atomic E-state index is 11.2. The van der Waals surface area contributed by atoms with Gasteiger partial charge in [-0.05, 0) is 32.7 Å². The molecular weight excluding hydrogens is 210 g/mol. The van der Waals surface area contributed by atoms with Crippen LogP contribution in [0.3, 0.4) is 0 Å². The topological polar surface area (TPSA) is 46.2 Å². The first-order chi connectivity index (χ1) is 6.85. The summed E-state index contributed by atoms with van der Waals surface area (Å²) in [6.07, 6.45) is 4.04. The Morgan fingerprint density at radius 1 is 1.47 bits per heavy atom. The van der Waals surface area contributed by atoms with Crippen LogP contribution in [0.2, 0.25) is 0 Å². The number of allylic oxidation sites excluding steroid dienone is 1. The third kappa shape index (κ3) is 9.94. The van der Waals surface area contributed by atoms with Crippen LogP contribution in [0.15, 0.2) is 12.2 Å². The molecule has 90 valence electrons. The molecule has 0 bridgehead atoms. The average Bonchev–Trinajstić information content (AvgIpc) is 2.07. The Bertz CT molecular complexity index is 283. The van der Waals surface area contributed by atoms with E-state index in [4.69, 9.17) is 0 Å². The second-order valence-corrected chi connectivity index (χ2v) is 6.42. The van der Waals surface area contributed by atoms with Crippen molar-refractivity contribution >= 4 is 9.84 Å². The first kappa shape index (κ1) is 14.6. The minimum absolute atomic E-state index is 0.0663. The summed E-state index contributed by atoms with van der Waals surface area (Å²) in [6.45, 7) is 8.74. The molecule has 0 rings (SSSR count). The fourth-order valence-electron chi connectivity index (χ4n) is 1.38. The number of hydrogen-bond acceptors (Lipinski definition) is 3. The summed E-state index contributed by atoms with van der Waals surface area (Å²) in [4.78, 5) is 0. The molecule has 0 saturated carbocycles. The van der Waals surface area contributed by atoms with Gasteiger partial charge in [0.1, 0.15) is 9.84 Å². The smallest absolute Gasteiger partial charge is 0.148 e. The highest BCUT2D eigenvalue weighted by atomic mass is 32.2. The summed E-state index contributed by atoms with van der Waals surface area (Å²) in [6, 6.07) is 0.0663. The Hall–Kier alpha value is -0.350. The van der Waals surface area contributed by atoms with Gasteiger partial charge in [-0.2, -0.15) is 0 Å². The highest BCUT2D eigenvalue weighted by molar-refractivity contribution is 7.90. The van der Waals surface area contributed by atoms with Gasteiger partial charge in [-0.1, -0.05) is 12.5 Å². The van der Waals surface area contributed by atoms with E-state index in [9.17, 15) is 8.42 Å². The minimum atomic E-state index is -2.89. The van der Waals surface area contributed by atoms with Gasteiger partial charge in [-0.25, -0.2) is 8.42 Å². The maximum atomic E-state index is 11.2. The van der Waals surface area contributed by atoms with Gasteiger partial charge in [0.15, 0.2) is 0 Å². The summed E-state index contributed by atoms with van der Waals surface area (Å²) in [5.74, 6) is 0.222. The van der Waals surface area contributed by atoms with Gasteiger partial charge in [0, 0.05) is 12.3 Å². The van der Waals surface area contributed by atoms with Crippen LogP contribution in [0.5, 0.6) is 0 Å². The van der Waals surface area contributed by atoms with Crippen molar-refractivity contribution in [2.24, 2.45) is 0 Å². The first-order valence-electron chi connectivity index (χ1n) is 5.40. The van der Waals surface area contributed by atoms with Gasteiger partial charge in [-0.15, -0.1) is 6.58 Å². The molecule has 0 radical (unpaired) electrons. The summed E-state index contributed by atoms with van der Waals surface area (Å²) < 4.78 is 22.4. The second-order valence-electron chi connectivity index (χ2n) is 4.24. The standard InChI is InChI=1S/C11H23NO2S/c1-5-8-12-11(7-6-10(2)3)9-15(4,13)14/h11-12H,2,5-9H2,1,3-4H3. The molecule has 0 spiro atoms. The molecular formula is C11H23NO2S. The lowest BCUT2D eigenvalue weighted by molar-refractivity contribution is 0.505. The summed E-state index contributed by atoms with van der Waals surface area (Å²) in [7, 11) is -2.89. The Labute approximate surface area is 93.9 Å². The third-order valence-electron chi connectivity index (χ3n) is 2.11. The molecule has 0 heterocycles. The predicted octanol–water partition coefficient (Wildman–Crippen LogP) is 1.76. The van der Waals surface area contributed by atoms with Crippen LogP contribution in [-0.2, 0) is 9.84 Å². The summed E-state index contributed by atoms with van der Waals surface area (Å²) in [5.41, 5.74) is 1.10. The highest BCUT2D eigenvalue weighted by Crippen LogP contribution is 2.06. The largest absolute Gasteiger partial charge is 0.313 e. The van der Waals surface area contributed by atoms with Crippen molar-refractivity contribution in [2.45, 2.75) is 39.2 Å². The lowest BCUT2D eigenvalue weighted by Crippen LogP contribution is -2.35. The normalized spacial score (nSPS) is 13.8. The van der Waals surface area contributed by atoms with Crippen molar-refractivity contribution in [3.05, 3.63) is 12.2 Å². The lowest BCUT2D eigenvalue weighted by atomic mass is 10.1. The number of rotatable bonds is 8. The molecule has 0 fully saturated rings. The van der Waals surface area contributed by atoms with E-state index >= 15 is 0 Å². The van der Waals surface area contributed by atoms with Crippen molar-refractivity contribution < 1.29 is 8.42 Å². The van der Waals surface area contributed by atoms with Crippen LogP contribution >= 0.6 is 0 Å². The van der Waals surface area contributed by atoms with Crippen molar-refractivity contribution in [3.8, 4) is 0 Å². The molecule has 0 aliphatic rings. The van der Waals surface area contributed by atoms with Crippen LogP contribution < -0.4 is 5.32 Å². The van der Waals surface area contributed by atoms with Gasteiger partial charge in [-0.3, -0.25) is 0 Å². The molecule has 0 aromatic carbocycles. The van der Waals surface area contributed by atoms with Crippen molar-refractivity contribution in [1.82, 2.24) is 5.32 Å². The molecule has 0 aromatic rings. The van der Waals surface area contributed by atoms with Gasteiger partial charge in [0.2, 0.25) is 0 Å². The molecule has 0 aromatic heterocycles. The molecule has 4 heteroatoms. The van der Waals surface area contributed by atoms with Crippen LogP contribution in [0, 0.1) is 0 Å². The number of nitrogens with one attached hydrogen (secondary N) is 1. The SMILES string of the molecule is C=C(C)CCC(CS(C)(=O)=O)NCCC. The molecule has 0 aliphatic heterocycles. The minimum Gasteiger partial charge on any atom is -0.313 e. The van der Waals surface area contributed by atoms with E-state index in [1.807, 2.05) is 6.92 Å². The molecule has 0 aliphatic carbocycles. The molecule has 1 unspecified atom stereocenters. The molecule has 1 N–H and O–H groups in total. The van der Waals surface area contributed by atoms with E-state index in [-0.39, 0.29) is 11.8 Å². The van der Waals surface area contributed by atoms with Gasteiger partial charge in [0.25, 0.3) is 0 Å². The first-order valence-corrected chi connectivity index (χ1v) is 7.46. The maximum Gasteiger partial charge on any atom is 0.148 e. The Kier molecular flexibility index (Phi) is 6.85. The van der Waals surface area contributed by atoms with Crippen molar-refractivity contribution in [2.75, 3.05) is 18.6 Å². The molecule has 0 amide bonds. The van der Waals surface area contributed by atoms with Crippen molar-refractivity contribution in [3.63, 3.8) is 0 Å². The van der Waals surface area contributed by atoms with E-state index in [2.05, 4.69) is 18.8 Å². The molecule has 15 heavy (non-hydrogen) atoms. The zero-order chi connectivity index (χ0) is 11.9. The highest BCUT2D eigenvalue weighted by Gasteiger charge is 2.14. The van der Waals surface area contributed by atoms with Crippen LogP contribution in [0.1, 0.15) is 33.1 Å². The van der Waals surface area contributed by atoms with E-state index in [0.29, 0.717) is 0 Å². The summed E-state index contributed by atoms with van der Waals surface area (Å²) >= 11 is 0. The molecule has 1 atom stereocenters. The average molecular weight is 233 g/mol. The van der Waals surface area contributed by atoms with Crippen molar-refractivity contribution in [1.29, 1.82) is 0 Å². The second kappa shape index (κ2) is 7.01. The van der Waals surface area contributed by atoms with Gasteiger partial charge >= 0.3 is 0 Å². The Morgan fingerprint density at radius 2 is 2.07 bits per heavy atom. The zero-order valence-corrected chi connectivity index (χ0v) is 10.9. The Balaban J connectivity index is 4.12. The van der Waals surface area contributed by atoms with E-state index < -0.39 is 9.84 Å². The number of sulfone groups is 1. The monoisotopic (exact) mass is 233 g/mol. The van der Waals surface area contributed by atoms with Gasteiger partial charge in [0.05, 0.1) is 5.75 Å². The van der Waals surface area contributed by atoms with E-state index in [1.54, 1.807) is 0 Å². The predicted molar refractivity (Wildman–Crippen MR) is 65.8 cm³/mol. The quantitative estimate of drug-likeness (QED) is 0.650. The van der Waals surface area contributed by atoms with Crippen LogP contribution in [-0.4, -0.2) is 33.0 Å².